The maximum atomic E-state index is 6.18. The van der Waals surface area contributed by atoms with Crippen molar-refractivity contribution in [1.82, 2.24) is 0 Å². The van der Waals surface area contributed by atoms with Crippen LogP contribution in [0, 0.1) is 0 Å². The molecule has 0 atom stereocenters. The SMILES string of the molecule is CCCCCCC[CH2][Sn]([CH2]CCC)([CH2]CCC)[O]C. The van der Waals surface area contributed by atoms with Gasteiger partial charge in [0.25, 0.3) is 0 Å². The molecule has 0 aromatic carbocycles. The number of hydrogen-bond acceptors (Lipinski definition) is 1. The van der Waals surface area contributed by atoms with E-state index in [-0.39, 0.29) is 0 Å². The van der Waals surface area contributed by atoms with Crippen molar-refractivity contribution in [2.75, 3.05) is 7.11 Å². The maximum absolute atomic E-state index is 6.18. The van der Waals surface area contributed by atoms with Crippen LogP contribution in [0.15, 0.2) is 0 Å². The van der Waals surface area contributed by atoms with Crippen LogP contribution in [-0.2, 0) is 3.07 Å². The average Bonchev–Trinajstić information content (AvgIpc) is 2.45. The Labute approximate surface area is 127 Å². The first-order valence-electron chi connectivity index (χ1n) is 8.79. The predicted molar refractivity (Wildman–Crippen MR) is 90.4 cm³/mol. The van der Waals surface area contributed by atoms with Crippen LogP contribution in [0.25, 0.3) is 0 Å². The van der Waals surface area contributed by atoms with Crippen LogP contribution in [-0.4, -0.2) is 25.9 Å². The Balaban J connectivity index is 4.00. The summed E-state index contributed by atoms with van der Waals surface area (Å²) in [4.78, 5) is 0. The number of rotatable bonds is 14. The quantitative estimate of drug-likeness (QED) is 0.247. The first-order chi connectivity index (χ1) is 9.24. The molecular formula is C17H38OSn. The average molecular weight is 377 g/mol. The third kappa shape index (κ3) is 10.2. The predicted octanol–water partition coefficient (Wildman–Crippen LogP) is 6.54. The second-order valence-corrected chi connectivity index (χ2v) is 18.3. The van der Waals surface area contributed by atoms with Crippen LogP contribution in [0.1, 0.15) is 85.0 Å². The zero-order valence-corrected chi connectivity index (χ0v) is 17.0. The van der Waals surface area contributed by atoms with Gasteiger partial charge >= 0.3 is 127 Å². The molecule has 0 saturated carbocycles. The van der Waals surface area contributed by atoms with E-state index in [0.29, 0.717) is 0 Å². The van der Waals surface area contributed by atoms with E-state index in [1.54, 1.807) is 0 Å². The molecule has 2 heteroatoms. The molecule has 0 unspecified atom stereocenters. The molecule has 0 aromatic rings. The fourth-order valence-electron chi connectivity index (χ4n) is 2.91. The fourth-order valence-corrected chi connectivity index (χ4v) is 15.0. The van der Waals surface area contributed by atoms with E-state index in [9.17, 15) is 0 Å². The summed E-state index contributed by atoms with van der Waals surface area (Å²) in [6.45, 7) is 6.93. The van der Waals surface area contributed by atoms with Gasteiger partial charge in [-0.3, -0.25) is 0 Å². The molecule has 116 valence electrons. The number of unbranched alkanes of at least 4 members (excludes halogenated alkanes) is 7. The molecule has 0 spiro atoms. The van der Waals surface area contributed by atoms with Gasteiger partial charge in [0.15, 0.2) is 0 Å². The fraction of sp³-hybridized carbons (Fsp3) is 1.00. The van der Waals surface area contributed by atoms with Gasteiger partial charge in [-0.25, -0.2) is 0 Å². The molecule has 0 fully saturated rings. The molecule has 19 heavy (non-hydrogen) atoms. The van der Waals surface area contributed by atoms with Gasteiger partial charge in [-0.05, 0) is 0 Å². The molecular weight excluding hydrogens is 339 g/mol. The van der Waals surface area contributed by atoms with Crippen molar-refractivity contribution in [3.8, 4) is 0 Å². The summed E-state index contributed by atoms with van der Waals surface area (Å²) < 4.78 is 10.6. The van der Waals surface area contributed by atoms with Crippen LogP contribution in [0.5, 0.6) is 0 Å². The van der Waals surface area contributed by atoms with Crippen molar-refractivity contribution < 1.29 is 3.07 Å². The molecule has 1 nitrogen and oxygen atoms in total. The third-order valence-electron chi connectivity index (χ3n) is 4.39. The summed E-state index contributed by atoms with van der Waals surface area (Å²) in [6.07, 6.45) is 14.0. The van der Waals surface area contributed by atoms with Crippen LogP contribution >= 0.6 is 0 Å². The summed E-state index contributed by atoms with van der Waals surface area (Å²) in [5.41, 5.74) is 0. The van der Waals surface area contributed by atoms with E-state index in [1.165, 1.54) is 77.5 Å². The summed E-state index contributed by atoms with van der Waals surface area (Å²) in [7, 11) is 2.03. The van der Waals surface area contributed by atoms with Gasteiger partial charge in [0.05, 0.1) is 0 Å². The van der Waals surface area contributed by atoms with Crippen molar-refractivity contribution in [2.45, 2.75) is 98.3 Å². The summed E-state index contributed by atoms with van der Waals surface area (Å²) in [6, 6.07) is 0. The Hall–Kier alpha value is 0.759. The van der Waals surface area contributed by atoms with Crippen molar-refractivity contribution >= 4 is 18.8 Å². The van der Waals surface area contributed by atoms with Gasteiger partial charge in [-0.1, -0.05) is 0 Å². The zero-order chi connectivity index (χ0) is 14.4. The Morgan fingerprint density at radius 3 is 1.47 bits per heavy atom. The van der Waals surface area contributed by atoms with Gasteiger partial charge < -0.3 is 0 Å². The molecule has 0 amide bonds. The van der Waals surface area contributed by atoms with Gasteiger partial charge in [0.2, 0.25) is 0 Å². The topological polar surface area (TPSA) is 9.23 Å². The van der Waals surface area contributed by atoms with Crippen LogP contribution < -0.4 is 0 Å². The first-order valence-corrected chi connectivity index (χ1v) is 16.0. The van der Waals surface area contributed by atoms with Gasteiger partial charge in [0.1, 0.15) is 0 Å². The van der Waals surface area contributed by atoms with E-state index < -0.39 is 18.8 Å². The third-order valence-corrected chi connectivity index (χ3v) is 17.7. The molecule has 0 aliphatic carbocycles. The second-order valence-electron chi connectivity index (χ2n) is 6.11. The van der Waals surface area contributed by atoms with Crippen LogP contribution in [0.2, 0.25) is 13.3 Å². The van der Waals surface area contributed by atoms with Crippen LogP contribution in [0.3, 0.4) is 0 Å². The Morgan fingerprint density at radius 2 is 1.00 bits per heavy atom. The molecule has 0 rings (SSSR count). The van der Waals surface area contributed by atoms with Crippen molar-refractivity contribution in [1.29, 1.82) is 0 Å². The molecule has 0 radical (unpaired) electrons. The summed E-state index contributed by atoms with van der Waals surface area (Å²) in [5.74, 6) is 0. The minimum atomic E-state index is -2.18. The van der Waals surface area contributed by atoms with Gasteiger partial charge in [-0.2, -0.15) is 0 Å². The van der Waals surface area contributed by atoms with Crippen LogP contribution in [0.4, 0.5) is 0 Å². The Kier molecular flexibility index (Phi) is 14.3. The summed E-state index contributed by atoms with van der Waals surface area (Å²) in [5, 5.41) is 0. The monoisotopic (exact) mass is 378 g/mol. The molecule has 0 saturated heterocycles. The van der Waals surface area contributed by atoms with Crippen molar-refractivity contribution in [3.63, 3.8) is 0 Å². The molecule has 0 bridgehead atoms. The molecule has 0 aliphatic heterocycles. The van der Waals surface area contributed by atoms with E-state index in [1.807, 2.05) is 7.11 Å². The van der Waals surface area contributed by atoms with E-state index >= 15 is 0 Å². The second kappa shape index (κ2) is 13.7. The minimum absolute atomic E-state index is 1.34. The van der Waals surface area contributed by atoms with Gasteiger partial charge in [-0.15, -0.1) is 0 Å². The first kappa shape index (κ1) is 19.8. The normalized spacial score (nSPS) is 12.0. The number of hydrogen-bond donors (Lipinski definition) is 0. The standard InChI is InChI=1S/C8H17.2C4H9.CH3O.Sn/c1-3-5-7-8-6-4-2;2*1-3-4-2;1-2;/h1,3-8H2,2H3;2*1,3-4H2,2H3;1H3;/q;;;-1;+1. The van der Waals surface area contributed by atoms with Gasteiger partial charge in [0, 0.05) is 0 Å². The van der Waals surface area contributed by atoms with E-state index in [2.05, 4.69) is 20.8 Å². The Morgan fingerprint density at radius 1 is 0.579 bits per heavy atom. The molecule has 0 aromatic heterocycles. The molecule has 0 heterocycles. The van der Waals surface area contributed by atoms with Crippen molar-refractivity contribution in [2.24, 2.45) is 0 Å². The van der Waals surface area contributed by atoms with E-state index in [0.717, 1.165) is 0 Å². The Bertz CT molecular complexity index is 174. The van der Waals surface area contributed by atoms with Crippen molar-refractivity contribution in [3.05, 3.63) is 0 Å². The summed E-state index contributed by atoms with van der Waals surface area (Å²) >= 11 is -2.18. The zero-order valence-electron chi connectivity index (χ0n) is 14.1. The molecule has 0 N–H and O–H groups in total. The van der Waals surface area contributed by atoms with E-state index in [4.69, 9.17) is 3.07 Å². The molecule has 0 aliphatic rings.